The Kier molecular flexibility index (Phi) is 3.66. The standard InChI is InChI=1S/C12H13NO5/c1-2-16-12-10(11(14)15)13-9(18-12)6-5-8-4-3-7-17-8/h3-4,7H,2,5-6H2,1H3,(H,14,15). The maximum atomic E-state index is 10.9. The van der Waals surface area contributed by atoms with Crippen LogP contribution in [-0.4, -0.2) is 22.7 Å². The number of nitrogens with zero attached hydrogens (tertiary/aromatic N) is 1. The lowest BCUT2D eigenvalue weighted by Crippen LogP contribution is -2.01. The van der Waals surface area contributed by atoms with E-state index in [2.05, 4.69) is 4.98 Å². The highest BCUT2D eigenvalue weighted by Crippen LogP contribution is 2.21. The minimum atomic E-state index is -1.16. The Morgan fingerprint density at radius 1 is 1.50 bits per heavy atom. The van der Waals surface area contributed by atoms with Gasteiger partial charge in [0.2, 0.25) is 5.69 Å². The van der Waals surface area contributed by atoms with E-state index < -0.39 is 5.97 Å². The molecule has 18 heavy (non-hydrogen) atoms. The van der Waals surface area contributed by atoms with Crippen LogP contribution in [0.1, 0.15) is 29.1 Å². The van der Waals surface area contributed by atoms with Crippen molar-refractivity contribution < 1.29 is 23.5 Å². The van der Waals surface area contributed by atoms with Gasteiger partial charge in [-0.2, -0.15) is 0 Å². The average molecular weight is 251 g/mol. The van der Waals surface area contributed by atoms with Gasteiger partial charge in [-0.1, -0.05) is 0 Å². The number of ether oxygens (including phenoxy) is 1. The molecule has 0 amide bonds. The van der Waals surface area contributed by atoms with Crippen molar-refractivity contribution in [1.29, 1.82) is 0 Å². The number of aromatic nitrogens is 1. The van der Waals surface area contributed by atoms with E-state index in [1.54, 1.807) is 19.3 Å². The SMILES string of the molecule is CCOc1oc(CCc2ccco2)nc1C(=O)O. The fourth-order valence-electron chi connectivity index (χ4n) is 1.50. The molecule has 2 aromatic rings. The summed E-state index contributed by atoms with van der Waals surface area (Å²) in [5.41, 5.74) is -0.189. The molecule has 96 valence electrons. The number of hydrogen-bond donors (Lipinski definition) is 1. The van der Waals surface area contributed by atoms with Gasteiger partial charge in [-0.05, 0) is 19.1 Å². The van der Waals surface area contributed by atoms with Crippen molar-refractivity contribution in [3.8, 4) is 5.95 Å². The zero-order valence-corrected chi connectivity index (χ0v) is 9.88. The van der Waals surface area contributed by atoms with Crippen LogP contribution in [0.4, 0.5) is 0 Å². The Morgan fingerprint density at radius 2 is 2.33 bits per heavy atom. The number of carboxylic acids is 1. The third kappa shape index (κ3) is 2.71. The van der Waals surface area contributed by atoms with Gasteiger partial charge in [0.1, 0.15) is 5.76 Å². The predicted molar refractivity (Wildman–Crippen MR) is 60.7 cm³/mol. The Labute approximate surface area is 103 Å². The second-order valence-electron chi connectivity index (χ2n) is 3.56. The normalized spacial score (nSPS) is 10.5. The van der Waals surface area contributed by atoms with Gasteiger partial charge in [0, 0.05) is 12.8 Å². The summed E-state index contributed by atoms with van der Waals surface area (Å²) in [6, 6.07) is 3.63. The summed E-state index contributed by atoms with van der Waals surface area (Å²) < 4.78 is 15.5. The number of oxazole rings is 1. The molecule has 2 heterocycles. The zero-order chi connectivity index (χ0) is 13.0. The lowest BCUT2D eigenvalue weighted by molar-refractivity contribution is 0.0683. The fourth-order valence-corrected chi connectivity index (χ4v) is 1.50. The van der Waals surface area contributed by atoms with Crippen LogP contribution in [-0.2, 0) is 12.8 Å². The summed E-state index contributed by atoms with van der Waals surface area (Å²) in [6.07, 6.45) is 2.64. The van der Waals surface area contributed by atoms with Gasteiger partial charge in [-0.25, -0.2) is 9.78 Å². The molecule has 0 fully saturated rings. The van der Waals surface area contributed by atoms with Crippen LogP contribution in [0.2, 0.25) is 0 Å². The van der Waals surface area contributed by atoms with Crippen molar-refractivity contribution in [2.75, 3.05) is 6.61 Å². The molecular weight excluding hydrogens is 238 g/mol. The van der Waals surface area contributed by atoms with Crippen molar-refractivity contribution >= 4 is 5.97 Å². The number of carbonyl (C=O) groups is 1. The minimum Gasteiger partial charge on any atom is -0.476 e. The Morgan fingerprint density at radius 3 is 2.94 bits per heavy atom. The van der Waals surface area contributed by atoms with E-state index in [9.17, 15) is 4.79 Å². The van der Waals surface area contributed by atoms with Crippen molar-refractivity contribution in [2.45, 2.75) is 19.8 Å². The number of rotatable bonds is 6. The molecule has 0 aliphatic rings. The monoisotopic (exact) mass is 251 g/mol. The molecule has 6 nitrogen and oxygen atoms in total. The summed E-state index contributed by atoms with van der Waals surface area (Å²) in [5.74, 6) is -0.0822. The Bertz CT molecular complexity index is 515. The topological polar surface area (TPSA) is 85.7 Å². The fraction of sp³-hybridized carbons (Fsp3) is 0.333. The van der Waals surface area contributed by atoms with Crippen molar-refractivity contribution in [3.63, 3.8) is 0 Å². The van der Waals surface area contributed by atoms with E-state index in [1.807, 2.05) is 6.07 Å². The van der Waals surface area contributed by atoms with E-state index in [1.165, 1.54) is 0 Å². The largest absolute Gasteiger partial charge is 0.476 e. The third-order valence-electron chi connectivity index (χ3n) is 2.28. The minimum absolute atomic E-state index is 0.0422. The predicted octanol–water partition coefficient (Wildman–Crippen LogP) is 2.15. The summed E-state index contributed by atoms with van der Waals surface area (Å²) in [5, 5.41) is 8.94. The zero-order valence-electron chi connectivity index (χ0n) is 9.88. The van der Waals surface area contributed by atoms with Crippen LogP contribution in [0.5, 0.6) is 5.95 Å². The van der Waals surface area contributed by atoms with Gasteiger partial charge < -0.3 is 18.7 Å². The lowest BCUT2D eigenvalue weighted by atomic mass is 10.2. The molecule has 2 aromatic heterocycles. The van der Waals surface area contributed by atoms with Crippen molar-refractivity contribution in [3.05, 3.63) is 35.7 Å². The van der Waals surface area contributed by atoms with Gasteiger partial charge in [0.15, 0.2) is 5.89 Å². The molecule has 0 aromatic carbocycles. The molecule has 0 aliphatic carbocycles. The Hall–Kier alpha value is -2.24. The highest BCUT2D eigenvalue weighted by atomic mass is 16.6. The Balaban J connectivity index is 2.08. The first kappa shape index (κ1) is 12.2. The summed E-state index contributed by atoms with van der Waals surface area (Å²) in [4.78, 5) is 14.8. The molecule has 0 saturated carbocycles. The van der Waals surface area contributed by atoms with Gasteiger partial charge in [0.25, 0.3) is 0 Å². The first-order valence-corrected chi connectivity index (χ1v) is 5.59. The number of aryl methyl sites for hydroxylation is 2. The maximum Gasteiger partial charge on any atom is 0.362 e. The van der Waals surface area contributed by atoms with Gasteiger partial charge >= 0.3 is 11.9 Å². The third-order valence-corrected chi connectivity index (χ3v) is 2.28. The average Bonchev–Trinajstić information content (AvgIpc) is 2.95. The summed E-state index contributed by atoms with van der Waals surface area (Å²) >= 11 is 0. The molecule has 0 radical (unpaired) electrons. The summed E-state index contributed by atoms with van der Waals surface area (Å²) in [6.45, 7) is 2.07. The molecule has 2 rings (SSSR count). The van der Waals surface area contributed by atoms with Crippen LogP contribution >= 0.6 is 0 Å². The molecular formula is C12H13NO5. The first-order valence-electron chi connectivity index (χ1n) is 5.59. The van der Waals surface area contributed by atoms with Gasteiger partial charge in [0.05, 0.1) is 12.9 Å². The highest BCUT2D eigenvalue weighted by Gasteiger charge is 2.20. The molecule has 0 unspecified atom stereocenters. The van der Waals surface area contributed by atoms with E-state index in [0.29, 0.717) is 25.3 Å². The van der Waals surface area contributed by atoms with E-state index >= 15 is 0 Å². The number of carboxylic acid groups (broad SMARTS) is 1. The van der Waals surface area contributed by atoms with Crippen LogP contribution in [0.3, 0.4) is 0 Å². The molecule has 0 bridgehead atoms. The van der Waals surface area contributed by atoms with Crippen molar-refractivity contribution in [1.82, 2.24) is 4.98 Å². The molecule has 1 N–H and O–H groups in total. The van der Waals surface area contributed by atoms with Crippen LogP contribution in [0, 0.1) is 0 Å². The lowest BCUT2D eigenvalue weighted by Gasteiger charge is -1.96. The summed E-state index contributed by atoms with van der Waals surface area (Å²) in [7, 11) is 0. The van der Waals surface area contributed by atoms with Gasteiger partial charge in [-0.3, -0.25) is 0 Å². The second kappa shape index (κ2) is 5.39. The van der Waals surface area contributed by atoms with E-state index in [0.717, 1.165) is 5.76 Å². The molecule has 0 aliphatic heterocycles. The smallest absolute Gasteiger partial charge is 0.362 e. The number of hydrogen-bond acceptors (Lipinski definition) is 5. The van der Waals surface area contributed by atoms with Gasteiger partial charge in [-0.15, -0.1) is 0 Å². The first-order chi connectivity index (χ1) is 8.70. The molecule has 0 spiro atoms. The van der Waals surface area contributed by atoms with E-state index in [4.69, 9.17) is 18.7 Å². The van der Waals surface area contributed by atoms with Crippen LogP contribution < -0.4 is 4.74 Å². The molecule has 6 heteroatoms. The second-order valence-corrected chi connectivity index (χ2v) is 3.56. The van der Waals surface area contributed by atoms with E-state index in [-0.39, 0.29) is 11.6 Å². The maximum absolute atomic E-state index is 10.9. The van der Waals surface area contributed by atoms with Crippen LogP contribution in [0.25, 0.3) is 0 Å². The molecule has 0 atom stereocenters. The number of aromatic carboxylic acids is 1. The van der Waals surface area contributed by atoms with Crippen LogP contribution in [0.15, 0.2) is 27.2 Å². The quantitative estimate of drug-likeness (QED) is 0.846. The molecule has 0 saturated heterocycles. The highest BCUT2D eigenvalue weighted by molar-refractivity contribution is 5.87. The van der Waals surface area contributed by atoms with Crippen molar-refractivity contribution in [2.24, 2.45) is 0 Å². The number of furan rings is 1.